The standard InChI is InChI=1S/C21H25ClF3N3S/c1-15(28-11-13-29-14-12-28)26-19(18-5-3-4-10-20(18,2)22)27-17-8-6-16(7-9-17)21(23,24)25/h3-9,19,27H,10-14H2,1-2H3/t19?,20-/m0/s1. The molecule has 0 amide bonds. The lowest BCUT2D eigenvalue weighted by molar-refractivity contribution is -0.137. The van der Waals surface area contributed by atoms with E-state index in [1.165, 1.54) is 12.1 Å². The number of thioether (sulfide) groups is 1. The molecule has 8 heteroatoms. The number of benzene rings is 1. The van der Waals surface area contributed by atoms with Gasteiger partial charge in [-0.1, -0.05) is 18.2 Å². The van der Waals surface area contributed by atoms with Crippen molar-refractivity contribution in [2.75, 3.05) is 29.9 Å². The Morgan fingerprint density at radius 1 is 1.24 bits per heavy atom. The van der Waals surface area contributed by atoms with Gasteiger partial charge in [0.25, 0.3) is 0 Å². The highest BCUT2D eigenvalue weighted by molar-refractivity contribution is 7.99. The van der Waals surface area contributed by atoms with Gasteiger partial charge in [-0.05, 0) is 50.1 Å². The Balaban J connectivity index is 1.88. The third-order valence-electron chi connectivity index (χ3n) is 5.11. The molecule has 1 aromatic rings. The molecule has 0 radical (unpaired) electrons. The zero-order valence-electron chi connectivity index (χ0n) is 16.5. The predicted molar refractivity (Wildman–Crippen MR) is 117 cm³/mol. The number of amidine groups is 1. The molecule has 29 heavy (non-hydrogen) atoms. The van der Waals surface area contributed by atoms with E-state index < -0.39 is 22.8 Å². The maximum Gasteiger partial charge on any atom is 0.416 e. The van der Waals surface area contributed by atoms with Crippen molar-refractivity contribution in [3.63, 3.8) is 0 Å². The van der Waals surface area contributed by atoms with Crippen LogP contribution in [0.25, 0.3) is 0 Å². The summed E-state index contributed by atoms with van der Waals surface area (Å²) in [6.45, 7) is 5.78. The Morgan fingerprint density at radius 3 is 2.48 bits per heavy atom. The van der Waals surface area contributed by atoms with Crippen LogP contribution in [-0.4, -0.2) is 46.4 Å². The number of nitrogens with zero attached hydrogens (tertiary/aromatic N) is 2. The first kappa shape index (κ1) is 22.1. The predicted octanol–water partition coefficient (Wildman–Crippen LogP) is 5.79. The summed E-state index contributed by atoms with van der Waals surface area (Å²) in [4.78, 5) is 6.53. The van der Waals surface area contributed by atoms with E-state index in [1.807, 2.05) is 43.8 Å². The van der Waals surface area contributed by atoms with Gasteiger partial charge in [-0.3, -0.25) is 0 Å². The van der Waals surface area contributed by atoms with Crippen LogP contribution in [0.3, 0.4) is 0 Å². The summed E-state index contributed by atoms with van der Waals surface area (Å²) < 4.78 is 38.6. The van der Waals surface area contributed by atoms with Crippen molar-refractivity contribution in [3.05, 3.63) is 53.6 Å². The van der Waals surface area contributed by atoms with Gasteiger partial charge in [0.15, 0.2) is 0 Å². The first-order valence-electron chi connectivity index (χ1n) is 9.54. The van der Waals surface area contributed by atoms with E-state index >= 15 is 0 Å². The van der Waals surface area contributed by atoms with E-state index in [1.54, 1.807) is 0 Å². The topological polar surface area (TPSA) is 27.6 Å². The third kappa shape index (κ3) is 5.72. The monoisotopic (exact) mass is 443 g/mol. The van der Waals surface area contributed by atoms with Crippen LogP contribution < -0.4 is 5.32 Å². The molecule has 1 N–H and O–H groups in total. The molecule has 0 aromatic heterocycles. The lowest BCUT2D eigenvalue weighted by Crippen LogP contribution is -2.39. The fraction of sp³-hybridized carbons (Fsp3) is 0.476. The van der Waals surface area contributed by atoms with Crippen LogP contribution in [-0.2, 0) is 6.18 Å². The summed E-state index contributed by atoms with van der Waals surface area (Å²) in [5.41, 5.74) is 0.788. The lowest BCUT2D eigenvalue weighted by Gasteiger charge is -2.34. The molecule has 0 spiro atoms. The molecular formula is C21H25ClF3N3S. The molecule has 3 rings (SSSR count). The maximum atomic E-state index is 12.9. The number of halogens is 4. The average molecular weight is 444 g/mol. The molecule has 1 saturated heterocycles. The van der Waals surface area contributed by atoms with Crippen molar-refractivity contribution in [2.45, 2.75) is 37.5 Å². The zero-order chi connectivity index (χ0) is 21.1. The molecule has 1 heterocycles. The van der Waals surface area contributed by atoms with Gasteiger partial charge < -0.3 is 10.2 Å². The highest BCUT2D eigenvalue weighted by Gasteiger charge is 2.33. The van der Waals surface area contributed by atoms with Gasteiger partial charge >= 0.3 is 6.18 Å². The minimum Gasteiger partial charge on any atom is -0.360 e. The van der Waals surface area contributed by atoms with E-state index in [2.05, 4.69) is 10.2 Å². The second kappa shape index (κ2) is 9.04. The second-order valence-corrected chi connectivity index (χ2v) is 9.41. The highest BCUT2D eigenvalue weighted by atomic mass is 35.5. The van der Waals surface area contributed by atoms with Crippen molar-refractivity contribution < 1.29 is 13.2 Å². The van der Waals surface area contributed by atoms with Gasteiger partial charge in [-0.25, -0.2) is 4.99 Å². The number of hydrogen-bond donors (Lipinski definition) is 1. The molecule has 2 aliphatic rings. The van der Waals surface area contributed by atoms with E-state index in [0.29, 0.717) is 12.1 Å². The number of alkyl halides is 4. The van der Waals surface area contributed by atoms with Gasteiger partial charge in [0.2, 0.25) is 0 Å². The zero-order valence-corrected chi connectivity index (χ0v) is 18.0. The van der Waals surface area contributed by atoms with Crippen molar-refractivity contribution in [1.29, 1.82) is 0 Å². The molecule has 1 aliphatic carbocycles. The van der Waals surface area contributed by atoms with E-state index in [0.717, 1.165) is 48.1 Å². The normalized spacial score (nSPS) is 24.3. The molecule has 3 nitrogen and oxygen atoms in total. The van der Waals surface area contributed by atoms with Crippen molar-refractivity contribution in [2.24, 2.45) is 4.99 Å². The fourth-order valence-electron chi connectivity index (χ4n) is 3.38. The Bertz CT molecular complexity index is 794. The number of allylic oxidation sites excluding steroid dienone is 3. The summed E-state index contributed by atoms with van der Waals surface area (Å²) in [6.07, 6.45) is 1.74. The molecule has 1 unspecified atom stereocenters. The van der Waals surface area contributed by atoms with E-state index in [9.17, 15) is 13.2 Å². The van der Waals surface area contributed by atoms with E-state index in [-0.39, 0.29) is 0 Å². The SMILES string of the molecule is CC(=NC(Nc1ccc(C(F)(F)F)cc1)C1=CC=CC[C@]1(C)Cl)N1CCSCC1. The molecular weight excluding hydrogens is 419 g/mol. The van der Waals surface area contributed by atoms with Crippen LogP contribution in [0.4, 0.5) is 18.9 Å². The van der Waals surface area contributed by atoms with E-state index in [4.69, 9.17) is 16.6 Å². The molecule has 2 atom stereocenters. The van der Waals surface area contributed by atoms with Crippen molar-refractivity contribution in [3.8, 4) is 0 Å². The minimum atomic E-state index is -4.36. The Hall–Kier alpha value is -1.60. The number of nitrogens with one attached hydrogen (secondary N) is 1. The van der Waals surface area contributed by atoms with Crippen LogP contribution in [0.5, 0.6) is 0 Å². The van der Waals surface area contributed by atoms with Gasteiger partial charge in [0.1, 0.15) is 6.17 Å². The fourth-order valence-corrected chi connectivity index (χ4v) is 4.54. The number of hydrogen-bond acceptors (Lipinski definition) is 3. The summed E-state index contributed by atoms with van der Waals surface area (Å²) >= 11 is 8.68. The summed E-state index contributed by atoms with van der Waals surface area (Å²) in [7, 11) is 0. The molecule has 0 saturated carbocycles. The van der Waals surface area contributed by atoms with Gasteiger partial charge in [0, 0.05) is 30.3 Å². The smallest absolute Gasteiger partial charge is 0.360 e. The van der Waals surface area contributed by atoms with Crippen LogP contribution in [0, 0.1) is 0 Å². The summed E-state index contributed by atoms with van der Waals surface area (Å²) in [6, 6.07) is 5.02. The van der Waals surface area contributed by atoms with Crippen LogP contribution in [0.15, 0.2) is 53.1 Å². The van der Waals surface area contributed by atoms with Crippen LogP contribution in [0.2, 0.25) is 0 Å². The van der Waals surface area contributed by atoms with Gasteiger partial charge in [-0.15, -0.1) is 11.6 Å². The van der Waals surface area contributed by atoms with Crippen LogP contribution >= 0.6 is 23.4 Å². The van der Waals surface area contributed by atoms with Gasteiger partial charge in [-0.2, -0.15) is 24.9 Å². The summed E-state index contributed by atoms with van der Waals surface area (Å²) in [5, 5.41) is 3.28. The van der Waals surface area contributed by atoms with Crippen molar-refractivity contribution >= 4 is 34.9 Å². The maximum absolute atomic E-state index is 12.9. The van der Waals surface area contributed by atoms with Crippen LogP contribution in [0.1, 0.15) is 25.8 Å². The molecule has 0 bridgehead atoms. The Morgan fingerprint density at radius 2 is 1.90 bits per heavy atom. The van der Waals surface area contributed by atoms with Crippen molar-refractivity contribution in [1.82, 2.24) is 4.90 Å². The first-order valence-corrected chi connectivity index (χ1v) is 11.1. The average Bonchev–Trinajstić information content (AvgIpc) is 2.67. The minimum absolute atomic E-state index is 0.464. The third-order valence-corrected chi connectivity index (χ3v) is 6.42. The Labute approximate surface area is 179 Å². The number of rotatable bonds is 4. The second-order valence-electron chi connectivity index (χ2n) is 7.35. The number of aliphatic imine (C=N–C) groups is 1. The Kier molecular flexibility index (Phi) is 6.89. The summed E-state index contributed by atoms with van der Waals surface area (Å²) in [5.74, 6) is 3.02. The molecule has 158 valence electrons. The molecule has 1 aliphatic heterocycles. The quantitative estimate of drug-likeness (QED) is 0.362. The van der Waals surface area contributed by atoms with Gasteiger partial charge in [0.05, 0.1) is 16.3 Å². The molecule has 1 aromatic carbocycles. The first-order chi connectivity index (χ1) is 13.7. The highest BCUT2D eigenvalue weighted by Crippen LogP contribution is 2.36. The molecule has 1 fully saturated rings. The largest absolute Gasteiger partial charge is 0.416 e. The number of anilines is 1. The lowest BCUT2D eigenvalue weighted by atomic mass is 9.90.